The molecule has 2 amide bonds. The van der Waals surface area contributed by atoms with E-state index in [-0.39, 0.29) is 12.6 Å². The number of nitrogens with one attached hydrogen (secondary N) is 1. The summed E-state index contributed by atoms with van der Waals surface area (Å²) in [5.41, 5.74) is 2.28. The van der Waals surface area contributed by atoms with Gasteiger partial charge in [-0.05, 0) is 18.9 Å². The Bertz CT molecular complexity index is 393. The fraction of sp³-hybridized carbons (Fsp3) is 0.533. The molecule has 4 heteroatoms. The van der Waals surface area contributed by atoms with Gasteiger partial charge in [-0.15, -0.1) is 0 Å². The Morgan fingerprint density at radius 1 is 1.37 bits per heavy atom. The first-order valence-electron chi connectivity index (χ1n) is 6.86. The summed E-state index contributed by atoms with van der Waals surface area (Å²) in [5.74, 6) is 0. The lowest BCUT2D eigenvalue weighted by Crippen LogP contribution is -2.41. The van der Waals surface area contributed by atoms with E-state index in [9.17, 15) is 4.79 Å². The Morgan fingerprint density at radius 3 is 2.79 bits per heavy atom. The Labute approximate surface area is 115 Å². The van der Waals surface area contributed by atoms with Crippen molar-refractivity contribution in [3.63, 3.8) is 0 Å². The second kappa shape index (κ2) is 8.53. The van der Waals surface area contributed by atoms with Crippen LogP contribution in [0.25, 0.3) is 0 Å². The SMILES string of the molecule is CCCCN(CCO)C(=O)NCc1cccc(C)c1. The molecule has 19 heavy (non-hydrogen) atoms. The van der Waals surface area contributed by atoms with Crippen LogP contribution in [-0.4, -0.2) is 35.7 Å². The average Bonchev–Trinajstić information content (AvgIpc) is 2.41. The molecular weight excluding hydrogens is 240 g/mol. The number of aliphatic hydroxyl groups excluding tert-OH is 1. The van der Waals surface area contributed by atoms with Crippen molar-refractivity contribution in [1.82, 2.24) is 10.2 Å². The molecule has 2 N–H and O–H groups in total. The van der Waals surface area contributed by atoms with E-state index in [1.807, 2.05) is 25.1 Å². The van der Waals surface area contributed by atoms with Crippen molar-refractivity contribution in [2.45, 2.75) is 33.2 Å². The number of hydrogen-bond donors (Lipinski definition) is 2. The van der Waals surface area contributed by atoms with Gasteiger partial charge in [0.05, 0.1) is 6.61 Å². The molecule has 0 saturated carbocycles. The van der Waals surface area contributed by atoms with Crippen LogP contribution in [0.2, 0.25) is 0 Å². The van der Waals surface area contributed by atoms with Gasteiger partial charge in [-0.1, -0.05) is 43.2 Å². The van der Waals surface area contributed by atoms with Crippen LogP contribution in [0.15, 0.2) is 24.3 Å². The van der Waals surface area contributed by atoms with Crippen LogP contribution in [-0.2, 0) is 6.54 Å². The molecule has 0 bridgehead atoms. The Balaban J connectivity index is 2.47. The minimum absolute atomic E-state index is 0.00157. The summed E-state index contributed by atoms with van der Waals surface area (Å²) in [5, 5.41) is 11.9. The van der Waals surface area contributed by atoms with Crippen LogP contribution in [0.3, 0.4) is 0 Å². The van der Waals surface area contributed by atoms with Gasteiger partial charge in [0, 0.05) is 19.6 Å². The number of carbonyl (C=O) groups excluding carboxylic acids is 1. The molecule has 0 saturated heterocycles. The fourth-order valence-electron chi connectivity index (χ4n) is 1.90. The van der Waals surface area contributed by atoms with E-state index in [2.05, 4.69) is 18.3 Å². The van der Waals surface area contributed by atoms with Crippen LogP contribution in [0.4, 0.5) is 4.79 Å². The summed E-state index contributed by atoms with van der Waals surface area (Å²) in [6.07, 6.45) is 1.99. The molecule has 1 rings (SSSR count). The van der Waals surface area contributed by atoms with Crippen LogP contribution in [0.1, 0.15) is 30.9 Å². The van der Waals surface area contributed by atoms with Gasteiger partial charge in [0.15, 0.2) is 0 Å². The zero-order valence-corrected chi connectivity index (χ0v) is 11.9. The molecule has 0 aliphatic rings. The monoisotopic (exact) mass is 264 g/mol. The average molecular weight is 264 g/mol. The lowest BCUT2D eigenvalue weighted by molar-refractivity contribution is 0.176. The molecule has 0 aromatic heterocycles. The summed E-state index contributed by atoms with van der Waals surface area (Å²) in [6.45, 7) is 5.72. The van der Waals surface area contributed by atoms with E-state index in [0.717, 1.165) is 18.4 Å². The molecule has 106 valence electrons. The zero-order valence-electron chi connectivity index (χ0n) is 11.9. The van der Waals surface area contributed by atoms with Crippen LogP contribution in [0, 0.1) is 6.92 Å². The minimum atomic E-state index is -0.107. The van der Waals surface area contributed by atoms with Crippen molar-refractivity contribution in [2.24, 2.45) is 0 Å². The molecule has 0 spiro atoms. The van der Waals surface area contributed by atoms with Crippen LogP contribution < -0.4 is 5.32 Å². The van der Waals surface area contributed by atoms with Gasteiger partial charge < -0.3 is 15.3 Å². The highest BCUT2D eigenvalue weighted by Gasteiger charge is 2.11. The molecule has 0 aliphatic carbocycles. The first-order valence-corrected chi connectivity index (χ1v) is 6.86. The van der Waals surface area contributed by atoms with Gasteiger partial charge in [0.25, 0.3) is 0 Å². The number of nitrogens with zero attached hydrogens (tertiary/aromatic N) is 1. The van der Waals surface area contributed by atoms with Gasteiger partial charge in [-0.3, -0.25) is 0 Å². The molecule has 4 nitrogen and oxygen atoms in total. The topological polar surface area (TPSA) is 52.6 Å². The van der Waals surface area contributed by atoms with Crippen molar-refractivity contribution in [1.29, 1.82) is 0 Å². The second-order valence-electron chi connectivity index (χ2n) is 4.71. The lowest BCUT2D eigenvalue weighted by atomic mass is 10.1. The van der Waals surface area contributed by atoms with E-state index < -0.39 is 0 Å². The molecule has 0 atom stereocenters. The summed E-state index contributed by atoms with van der Waals surface area (Å²) in [4.78, 5) is 13.7. The maximum Gasteiger partial charge on any atom is 0.317 e. The van der Waals surface area contributed by atoms with Crippen molar-refractivity contribution in [3.8, 4) is 0 Å². The van der Waals surface area contributed by atoms with E-state index in [1.165, 1.54) is 5.56 Å². The van der Waals surface area contributed by atoms with Gasteiger partial charge >= 0.3 is 6.03 Å². The summed E-state index contributed by atoms with van der Waals surface area (Å²) >= 11 is 0. The number of carbonyl (C=O) groups is 1. The molecule has 1 aromatic rings. The highest BCUT2D eigenvalue weighted by Crippen LogP contribution is 2.04. The second-order valence-corrected chi connectivity index (χ2v) is 4.71. The quantitative estimate of drug-likeness (QED) is 0.794. The number of aliphatic hydroxyl groups is 1. The van der Waals surface area contributed by atoms with E-state index in [0.29, 0.717) is 19.6 Å². The molecule has 0 heterocycles. The van der Waals surface area contributed by atoms with Crippen LogP contribution >= 0.6 is 0 Å². The number of benzene rings is 1. The minimum Gasteiger partial charge on any atom is -0.395 e. The number of hydrogen-bond acceptors (Lipinski definition) is 2. The van der Waals surface area contributed by atoms with Crippen molar-refractivity contribution in [3.05, 3.63) is 35.4 Å². The number of urea groups is 1. The predicted molar refractivity (Wildman–Crippen MR) is 77.0 cm³/mol. The first-order chi connectivity index (χ1) is 9.17. The third kappa shape index (κ3) is 5.75. The third-order valence-corrected chi connectivity index (χ3v) is 2.96. The van der Waals surface area contributed by atoms with E-state index >= 15 is 0 Å². The molecule has 1 aromatic carbocycles. The van der Waals surface area contributed by atoms with Gasteiger partial charge in [-0.25, -0.2) is 4.79 Å². The Morgan fingerprint density at radius 2 is 2.16 bits per heavy atom. The van der Waals surface area contributed by atoms with E-state index in [4.69, 9.17) is 5.11 Å². The number of rotatable bonds is 7. The molecule has 0 radical (unpaired) electrons. The summed E-state index contributed by atoms with van der Waals surface area (Å²) in [7, 11) is 0. The van der Waals surface area contributed by atoms with Crippen molar-refractivity contribution in [2.75, 3.05) is 19.7 Å². The third-order valence-electron chi connectivity index (χ3n) is 2.96. The summed E-state index contributed by atoms with van der Waals surface area (Å²) < 4.78 is 0. The Kier molecular flexibility index (Phi) is 6.97. The maximum atomic E-state index is 12.0. The lowest BCUT2D eigenvalue weighted by Gasteiger charge is -2.22. The number of aryl methyl sites for hydroxylation is 1. The molecule has 0 fully saturated rings. The van der Waals surface area contributed by atoms with Gasteiger partial charge in [0.2, 0.25) is 0 Å². The number of amides is 2. The van der Waals surface area contributed by atoms with Crippen molar-refractivity contribution >= 4 is 6.03 Å². The smallest absolute Gasteiger partial charge is 0.317 e. The van der Waals surface area contributed by atoms with Crippen molar-refractivity contribution < 1.29 is 9.90 Å². The predicted octanol–water partition coefficient (Wildman–Crippen LogP) is 2.30. The van der Waals surface area contributed by atoms with E-state index in [1.54, 1.807) is 4.90 Å². The first kappa shape index (κ1) is 15.5. The summed E-state index contributed by atoms with van der Waals surface area (Å²) in [6, 6.07) is 7.96. The Hall–Kier alpha value is -1.55. The maximum absolute atomic E-state index is 12.0. The van der Waals surface area contributed by atoms with Crippen LogP contribution in [0.5, 0.6) is 0 Å². The fourth-order valence-corrected chi connectivity index (χ4v) is 1.90. The highest BCUT2D eigenvalue weighted by molar-refractivity contribution is 5.74. The highest BCUT2D eigenvalue weighted by atomic mass is 16.3. The van der Waals surface area contributed by atoms with Gasteiger partial charge in [0.1, 0.15) is 0 Å². The van der Waals surface area contributed by atoms with Gasteiger partial charge in [-0.2, -0.15) is 0 Å². The standard InChI is InChI=1S/C15H24N2O2/c1-3-4-8-17(9-10-18)15(19)16-12-14-7-5-6-13(2)11-14/h5-7,11,18H,3-4,8-10,12H2,1-2H3,(H,16,19). The molecule has 0 aliphatic heterocycles. The normalized spacial score (nSPS) is 10.3. The molecule has 0 unspecified atom stereocenters. The molecular formula is C15H24N2O2. The zero-order chi connectivity index (χ0) is 14.1. The largest absolute Gasteiger partial charge is 0.395 e. The number of unbranched alkanes of at least 4 members (excludes halogenated alkanes) is 1.